The van der Waals surface area contributed by atoms with Gasteiger partial charge in [0.25, 0.3) is 0 Å². The van der Waals surface area contributed by atoms with E-state index in [2.05, 4.69) is 62.8 Å². The van der Waals surface area contributed by atoms with Gasteiger partial charge in [-0.1, -0.05) is 53.7 Å². The number of aromatic nitrogens is 3. The number of anilines is 1. The van der Waals surface area contributed by atoms with Gasteiger partial charge in [0.2, 0.25) is 11.7 Å². The number of amides is 1. The van der Waals surface area contributed by atoms with Crippen LogP contribution in [-0.2, 0) is 17.8 Å². The lowest BCUT2D eigenvalue weighted by atomic mass is 10.1. The predicted octanol–water partition coefficient (Wildman–Crippen LogP) is 5.68. The highest BCUT2D eigenvalue weighted by Gasteiger charge is 2.22. The summed E-state index contributed by atoms with van der Waals surface area (Å²) in [6, 6.07) is 20.5. The summed E-state index contributed by atoms with van der Waals surface area (Å²) in [6.07, 6.45) is 0.704. The maximum absolute atomic E-state index is 12.7. The van der Waals surface area contributed by atoms with Crippen LogP contribution in [0, 0.1) is 0 Å². The van der Waals surface area contributed by atoms with Gasteiger partial charge < -0.3 is 24.1 Å². The number of carbonyl (C=O) groups excluding carboxylic acids is 1. The molecule has 0 saturated heterocycles. The molecule has 0 atom stereocenters. The molecule has 0 aliphatic carbocycles. The van der Waals surface area contributed by atoms with E-state index in [1.54, 1.807) is 36.4 Å². The van der Waals surface area contributed by atoms with Crippen molar-refractivity contribution in [2.45, 2.75) is 18.1 Å². The molecule has 0 saturated carbocycles. The maximum Gasteiger partial charge on any atom is 0.234 e. The van der Waals surface area contributed by atoms with E-state index in [1.165, 1.54) is 11.8 Å². The van der Waals surface area contributed by atoms with Crippen LogP contribution in [0.2, 0.25) is 5.02 Å². The topological polar surface area (TPSA) is 125 Å². The number of thioether (sulfide) groups is 1. The zero-order chi connectivity index (χ0) is 30.4. The molecule has 0 unspecified atom stereocenters. The Kier molecular flexibility index (Phi) is 11.7. The number of ether oxygens (including phenoxy) is 3. The van der Waals surface area contributed by atoms with Crippen LogP contribution in [0.15, 0.2) is 86.9 Å². The summed E-state index contributed by atoms with van der Waals surface area (Å²) in [7, 11) is 0. The number of rotatable bonds is 17. The van der Waals surface area contributed by atoms with Crippen LogP contribution in [0.1, 0.15) is 5.56 Å². The predicted molar refractivity (Wildman–Crippen MR) is 172 cm³/mol. The van der Waals surface area contributed by atoms with Crippen LogP contribution in [-0.4, -0.2) is 66.8 Å². The van der Waals surface area contributed by atoms with Crippen LogP contribution >= 0.6 is 23.4 Å². The fourth-order valence-corrected chi connectivity index (χ4v) is 4.85. The first-order chi connectivity index (χ1) is 21.0. The Morgan fingerprint density at radius 3 is 2.14 bits per heavy atom. The molecule has 0 fully saturated rings. The largest absolute Gasteiger partial charge is 0.467 e. The zero-order valence-corrected chi connectivity index (χ0v) is 24.9. The molecule has 13 heteroatoms. The van der Waals surface area contributed by atoms with E-state index in [4.69, 9.17) is 25.8 Å². The van der Waals surface area contributed by atoms with Crippen molar-refractivity contribution in [1.29, 1.82) is 0 Å². The number of aliphatic imine (C=N–C) groups is 3. The van der Waals surface area contributed by atoms with Gasteiger partial charge in [0.15, 0.2) is 42.7 Å². The lowest BCUT2D eigenvalue weighted by Gasteiger charge is -2.17. The Hall–Kier alpha value is -4.68. The third-order valence-electron chi connectivity index (χ3n) is 5.85. The zero-order valence-electron chi connectivity index (χ0n) is 23.3. The summed E-state index contributed by atoms with van der Waals surface area (Å²) in [5.74, 6) is 1.43. The molecule has 222 valence electrons. The van der Waals surface area contributed by atoms with Gasteiger partial charge in [0, 0.05) is 22.8 Å². The molecule has 11 nitrogen and oxygen atoms in total. The third-order valence-corrected chi connectivity index (χ3v) is 7.06. The van der Waals surface area contributed by atoms with Crippen molar-refractivity contribution in [1.82, 2.24) is 14.8 Å². The molecule has 3 aromatic carbocycles. The summed E-state index contributed by atoms with van der Waals surface area (Å²) < 4.78 is 19.4. The lowest BCUT2D eigenvalue weighted by molar-refractivity contribution is -0.113. The molecule has 0 radical (unpaired) electrons. The van der Waals surface area contributed by atoms with Gasteiger partial charge in [0.1, 0.15) is 0 Å². The minimum Gasteiger partial charge on any atom is -0.467 e. The normalized spacial score (nSPS) is 10.5. The smallest absolute Gasteiger partial charge is 0.234 e. The molecule has 1 heterocycles. The Bertz CT molecular complexity index is 1520. The van der Waals surface area contributed by atoms with Gasteiger partial charge in [-0.3, -0.25) is 19.8 Å². The molecular formula is C30H30ClN7O4S. The monoisotopic (exact) mass is 619 g/mol. The van der Waals surface area contributed by atoms with Gasteiger partial charge in [-0.25, -0.2) is 0 Å². The lowest BCUT2D eigenvalue weighted by Crippen LogP contribution is -2.15. The van der Waals surface area contributed by atoms with Crippen LogP contribution in [0.3, 0.4) is 0 Å². The fourth-order valence-electron chi connectivity index (χ4n) is 3.96. The number of carbonyl (C=O) groups is 1. The number of aryl methyl sites for hydroxylation is 1. The first-order valence-electron chi connectivity index (χ1n) is 13.0. The number of hydrogen-bond acceptors (Lipinski definition) is 10. The van der Waals surface area contributed by atoms with Crippen molar-refractivity contribution in [3.05, 3.63) is 77.3 Å². The second-order valence-corrected chi connectivity index (χ2v) is 10.2. The van der Waals surface area contributed by atoms with E-state index in [1.807, 2.05) is 22.8 Å². The van der Waals surface area contributed by atoms with Gasteiger partial charge in [-0.2, -0.15) is 0 Å². The highest BCUT2D eigenvalue weighted by Crippen LogP contribution is 2.42. The molecule has 1 aromatic heterocycles. The standard InChI is InChI=1S/C30H30ClN7O4S/c1-32-18-40-25-15-22(16-26(41-19-33-2)28(25)42-20-34-3)29-36-37-30(38(29)14-13-21-7-5-4-6-8-21)43-17-27(39)35-24-11-9-23(31)10-12-24/h4-12,15-16H,1-3,13-14,17-20H2,(H,35,39). The Morgan fingerprint density at radius 2 is 1.51 bits per heavy atom. The average Bonchev–Trinajstić information content (AvgIpc) is 3.44. The maximum atomic E-state index is 12.7. The number of nitrogens with zero attached hydrogens (tertiary/aromatic N) is 6. The Labute approximate surface area is 258 Å². The number of benzene rings is 3. The number of halogens is 1. The second kappa shape index (κ2) is 16.1. The molecule has 4 rings (SSSR count). The highest BCUT2D eigenvalue weighted by molar-refractivity contribution is 7.99. The molecule has 4 aromatic rings. The third kappa shape index (κ3) is 8.90. The Morgan fingerprint density at radius 1 is 0.884 bits per heavy atom. The van der Waals surface area contributed by atoms with Gasteiger partial charge in [-0.05, 0) is 68.5 Å². The van der Waals surface area contributed by atoms with Gasteiger partial charge in [0.05, 0.1) is 5.75 Å². The van der Waals surface area contributed by atoms with Crippen molar-refractivity contribution in [3.63, 3.8) is 0 Å². The van der Waals surface area contributed by atoms with Crippen molar-refractivity contribution in [3.8, 4) is 28.6 Å². The minimum absolute atomic E-state index is 0.0228. The van der Waals surface area contributed by atoms with Crippen molar-refractivity contribution < 1.29 is 19.0 Å². The first kappa shape index (κ1) is 31.3. The SMILES string of the molecule is C=NCOc1cc(-c2nnc(SCC(=O)Nc3ccc(Cl)cc3)n2CCc2ccccc2)cc(OCN=C)c1OCN=C. The number of hydrogen-bond donors (Lipinski definition) is 1. The Balaban J connectivity index is 1.68. The number of nitrogens with one attached hydrogen (secondary N) is 1. The molecule has 1 N–H and O–H groups in total. The molecule has 0 spiro atoms. The second-order valence-electron chi connectivity index (χ2n) is 8.83. The van der Waals surface area contributed by atoms with E-state index in [0.29, 0.717) is 57.5 Å². The van der Waals surface area contributed by atoms with Crippen LogP contribution in [0.4, 0.5) is 5.69 Å². The van der Waals surface area contributed by atoms with E-state index in [-0.39, 0.29) is 31.9 Å². The first-order valence-corrected chi connectivity index (χ1v) is 14.4. The van der Waals surface area contributed by atoms with Crippen LogP contribution in [0.5, 0.6) is 17.2 Å². The van der Waals surface area contributed by atoms with Crippen molar-refractivity contribution >= 4 is 55.1 Å². The summed E-state index contributed by atoms with van der Waals surface area (Å²) in [5, 5.41) is 13.0. The van der Waals surface area contributed by atoms with Gasteiger partial charge >= 0.3 is 0 Å². The molecule has 43 heavy (non-hydrogen) atoms. The summed E-state index contributed by atoms with van der Waals surface area (Å²) in [4.78, 5) is 24.1. The van der Waals surface area contributed by atoms with E-state index < -0.39 is 0 Å². The van der Waals surface area contributed by atoms with E-state index in [9.17, 15) is 4.79 Å². The average molecular weight is 620 g/mol. The van der Waals surface area contributed by atoms with E-state index >= 15 is 0 Å². The molecule has 0 bridgehead atoms. The van der Waals surface area contributed by atoms with Crippen LogP contribution < -0.4 is 19.5 Å². The van der Waals surface area contributed by atoms with E-state index in [0.717, 1.165) is 5.56 Å². The van der Waals surface area contributed by atoms with Crippen molar-refractivity contribution in [2.24, 2.45) is 15.0 Å². The van der Waals surface area contributed by atoms with Crippen LogP contribution in [0.25, 0.3) is 11.4 Å². The minimum atomic E-state index is -0.191. The quantitative estimate of drug-likeness (QED) is 0.119. The summed E-state index contributed by atoms with van der Waals surface area (Å²) in [5.41, 5.74) is 2.43. The molecular weight excluding hydrogens is 590 g/mol. The van der Waals surface area contributed by atoms with Gasteiger partial charge in [-0.15, -0.1) is 10.2 Å². The highest BCUT2D eigenvalue weighted by atomic mass is 35.5. The fraction of sp³-hybridized carbons (Fsp3) is 0.200. The summed E-state index contributed by atoms with van der Waals surface area (Å²) >= 11 is 7.23. The van der Waals surface area contributed by atoms with Crippen molar-refractivity contribution in [2.75, 3.05) is 31.3 Å². The molecule has 1 amide bonds. The molecule has 0 aliphatic heterocycles. The summed E-state index contributed by atoms with van der Waals surface area (Å²) in [6.45, 7) is 10.9. The molecule has 0 aliphatic rings.